The van der Waals surface area contributed by atoms with Crippen LogP contribution < -0.4 is 11.5 Å². The van der Waals surface area contributed by atoms with Crippen molar-refractivity contribution >= 4 is 54.7 Å². The summed E-state index contributed by atoms with van der Waals surface area (Å²) < 4.78 is 1.61. The highest BCUT2D eigenvalue weighted by Gasteiger charge is 2.02. The normalized spacial score (nSPS) is 11.0. The average molecular weight is 371 g/mol. The molecule has 0 aliphatic heterocycles. The van der Waals surface area contributed by atoms with Crippen molar-refractivity contribution in [2.45, 2.75) is 0 Å². The smallest absolute Gasteiger partial charge is 0.188 e. The van der Waals surface area contributed by atoms with Gasteiger partial charge in [-0.3, -0.25) is 0 Å². The topological polar surface area (TPSA) is 89.6 Å². The zero-order chi connectivity index (χ0) is 13.1. The van der Waals surface area contributed by atoms with E-state index in [0.29, 0.717) is 22.9 Å². The Bertz CT molecular complexity index is 559. The Morgan fingerprint density at radius 3 is 2.50 bits per heavy atom. The van der Waals surface area contributed by atoms with E-state index < -0.39 is 0 Å². The quantitative estimate of drug-likeness (QED) is 0.613. The zero-order valence-corrected chi connectivity index (χ0v) is 12.3. The molecule has 1 heterocycles. The Morgan fingerprint density at radius 2 is 1.83 bits per heavy atom. The molecular weight excluding hydrogens is 362 g/mol. The molecule has 4 N–H and O–H groups in total. The number of nitrogens with zero attached hydrogens (tertiary/aromatic N) is 3. The summed E-state index contributed by atoms with van der Waals surface area (Å²) in [5, 5.41) is 8.08. The van der Waals surface area contributed by atoms with Crippen molar-refractivity contribution in [3.05, 3.63) is 39.4 Å². The van der Waals surface area contributed by atoms with Crippen LogP contribution in [-0.2, 0) is 0 Å². The van der Waals surface area contributed by atoms with Crippen LogP contribution in [0.25, 0.3) is 0 Å². The minimum absolute atomic E-state index is 0.479. The second-order valence-corrected chi connectivity index (χ2v) is 5.25. The van der Waals surface area contributed by atoms with Gasteiger partial charge in [-0.25, -0.2) is 4.98 Å². The number of rotatable bonds is 2. The number of benzene rings is 1. The molecular formula is C11H9Br2N5. The maximum Gasteiger partial charge on any atom is 0.188 e. The van der Waals surface area contributed by atoms with E-state index in [2.05, 4.69) is 47.1 Å². The first kappa shape index (κ1) is 13.0. The van der Waals surface area contributed by atoms with Gasteiger partial charge < -0.3 is 11.5 Å². The molecule has 2 aromatic rings. The van der Waals surface area contributed by atoms with Crippen molar-refractivity contribution in [1.82, 2.24) is 4.98 Å². The first-order valence-electron chi connectivity index (χ1n) is 4.94. The molecule has 0 aliphatic rings. The largest absolute Gasteiger partial charge is 0.399 e. The fourth-order valence-electron chi connectivity index (χ4n) is 1.25. The molecule has 5 nitrogen and oxygen atoms in total. The van der Waals surface area contributed by atoms with Gasteiger partial charge in [0, 0.05) is 16.4 Å². The Kier molecular flexibility index (Phi) is 3.93. The molecule has 0 radical (unpaired) electrons. The Labute approximate surface area is 121 Å². The van der Waals surface area contributed by atoms with E-state index in [1.54, 1.807) is 24.4 Å². The van der Waals surface area contributed by atoms with Crippen LogP contribution >= 0.6 is 31.9 Å². The Hall–Kier alpha value is -1.47. The molecule has 92 valence electrons. The Balaban J connectivity index is 2.30. The maximum atomic E-state index is 5.77. The summed E-state index contributed by atoms with van der Waals surface area (Å²) >= 11 is 6.67. The highest BCUT2D eigenvalue weighted by molar-refractivity contribution is 9.11. The molecule has 0 unspecified atom stereocenters. The van der Waals surface area contributed by atoms with Crippen LogP contribution in [0, 0.1) is 0 Å². The number of hydrogen-bond donors (Lipinski definition) is 2. The van der Waals surface area contributed by atoms with E-state index in [1.807, 2.05) is 6.07 Å². The second-order valence-electron chi connectivity index (χ2n) is 3.48. The first-order chi connectivity index (χ1) is 8.56. The lowest BCUT2D eigenvalue weighted by Gasteiger charge is -2.00. The van der Waals surface area contributed by atoms with E-state index in [9.17, 15) is 0 Å². The number of anilines is 2. The van der Waals surface area contributed by atoms with Crippen LogP contribution in [0.15, 0.2) is 49.6 Å². The Morgan fingerprint density at radius 1 is 1.06 bits per heavy atom. The number of nitrogens with two attached hydrogens (primary N) is 2. The van der Waals surface area contributed by atoms with Crippen LogP contribution in [0.3, 0.4) is 0 Å². The molecule has 0 amide bonds. The fourth-order valence-corrected chi connectivity index (χ4v) is 2.31. The summed E-state index contributed by atoms with van der Waals surface area (Å²) in [6, 6.07) is 6.90. The molecule has 18 heavy (non-hydrogen) atoms. The molecule has 2 rings (SSSR count). The van der Waals surface area contributed by atoms with Gasteiger partial charge in [-0.2, -0.15) is 0 Å². The summed E-state index contributed by atoms with van der Waals surface area (Å²) in [5.41, 5.74) is 13.0. The number of hydrogen-bond acceptors (Lipinski definition) is 5. The standard InChI is InChI=1S/C11H9Br2N5/c12-6-3-8(13)11(16-5-6)18-17-10-2-1-7(14)4-9(10)15/h1-5H,14-15H2. The van der Waals surface area contributed by atoms with Crippen molar-refractivity contribution < 1.29 is 0 Å². The van der Waals surface area contributed by atoms with Crippen molar-refractivity contribution in [2.75, 3.05) is 11.5 Å². The van der Waals surface area contributed by atoms with Crippen LogP contribution in [-0.4, -0.2) is 4.98 Å². The summed E-state index contributed by atoms with van der Waals surface area (Å²) in [7, 11) is 0. The second kappa shape index (κ2) is 5.45. The van der Waals surface area contributed by atoms with Crippen molar-refractivity contribution in [3.63, 3.8) is 0 Å². The van der Waals surface area contributed by atoms with E-state index in [0.717, 1.165) is 8.95 Å². The summed E-state index contributed by atoms with van der Waals surface area (Å²) in [4.78, 5) is 4.12. The number of aromatic nitrogens is 1. The van der Waals surface area contributed by atoms with Crippen molar-refractivity contribution in [3.8, 4) is 0 Å². The molecule has 0 saturated heterocycles. The minimum Gasteiger partial charge on any atom is -0.399 e. The maximum absolute atomic E-state index is 5.77. The monoisotopic (exact) mass is 369 g/mol. The van der Waals surface area contributed by atoms with E-state index in [-0.39, 0.29) is 0 Å². The fraction of sp³-hybridized carbons (Fsp3) is 0. The van der Waals surface area contributed by atoms with E-state index >= 15 is 0 Å². The van der Waals surface area contributed by atoms with Crippen molar-refractivity contribution in [2.24, 2.45) is 10.2 Å². The van der Waals surface area contributed by atoms with Gasteiger partial charge in [0.05, 0.1) is 10.2 Å². The molecule has 0 saturated carbocycles. The molecule has 0 fully saturated rings. The molecule has 1 aromatic heterocycles. The third kappa shape index (κ3) is 3.05. The lowest BCUT2D eigenvalue weighted by atomic mass is 10.2. The average Bonchev–Trinajstić information content (AvgIpc) is 2.30. The van der Waals surface area contributed by atoms with Gasteiger partial charge in [0.2, 0.25) is 0 Å². The third-order valence-corrected chi connectivity index (χ3v) is 3.11. The minimum atomic E-state index is 0.479. The van der Waals surface area contributed by atoms with Crippen LogP contribution in [0.2, 0.25) is 0 Å². The number of halogens is 2. The zero-order valence-electron chi connectivity index (χ0n) is 9.14. The highest BCUT2D eigenvalue weighted by Crippen LogP contribution is 2.29. The van der Waals surface area contributed by atoms with Gasteiger partial charge in [-0.05, 0) is 56.1 Å². The summed E-state index contributed by atoms with van der Waals surface area (Å²) in [5.74, 6) is 0.481. The van der Waals surface area contributed by atoms with Gasteiger partial charge in [-0.15, -0.1) is 10.2 Å². The number of nitrogen functional groups attached to an aromatic ring is 2. The highest BCUT2D eigenvalue weighted by atomic mass is 79.9. The summed E-state index contributed by atoms with van der Waals surface area (Å²) in [6.07, 6.45) is 1.64. The van der Waals surface area contributed by atoms with Gasteiger partial charge in [0.15, 0.2) is 5.82 Å². The SMILES string of the molecule is Nc1ccc(N=Nc2ncc(Br)cc2Br)c(N)c1. The van der Waals surface area contributed by atoms with Gasteiger partial charge >= 0.3 is 0 Å². The van der Waals surface area contributed by atoms with E-state index in [4.69, 9.17) is 11.5 Å². The van der Waals surface area contributed by atoms with Gasteiger partial charge in [0.1, 0.15) is 5.69 Å². The molecule has 1 aromatic carbocycles. The predicted molar refractivity (Wildman–Crippen MR) is 79.1 cm³/mol. The van der Waals surface area contributed by atoms with Gasteiger partial charge in [-0.1, -0.05) is 0 Å². The van der Waals surface area contributed by atoms with Crippen LogP contribution in [0.4, 0.5) is 22.9 Å². The molecule has 0 atom stereocenters. The lowest BCUT2D eigenvalue weighted by Crippen LogP contribution is -1.89. The molecule has 0 aliphatic carbocycles. The lowest BCUT2D eigenvalue weighted by molar-refractivity contribution is 1.14. The van der Waals surface area contributed by atoms with E-state index in [1.165, 1.54) is 0 Å². The predicted octanol–water partition coefficient (Wildman–Crippen LogP) is 4.19. The number of azo groups is 1. The van der Waals surface area contributed by atoms with Gasteiger partial charge in [0.25, 0.3) is 0 Å². The third-order valence-electron chi connectivity index (χ3n) is 2.09. The van der Waals surface area contributed by atoms with Crippen molar-refractivity contribution in [1.29, 1.82) is 0 Å². The van der Waals surface area contributed by atoms with Crippen LogP contribution in [0.1, 0.15) is 0 Å². The number of pyridine rings is 1. The first-order valence-corrected chi connectivity index (χ1v) is 6.52. The molecule has 0 spiro atoms. The summed E-state index contributed by atoms with van der Waals surface area (Å²) in [6.45, 7) is 0. The molecule has 7 heteroatoms. The molecule has 0 bridgehead atoms. The van der Waals surface area contributed by atoms with Crippen LogP contribution in [0.5, 0.6) is 0 Å².